The molecule has 0 radical (unpaired) electrons. The summed E-state index contributed by atoms with van der Waals surface area (Å²) in [6, 6.07) is 4.20. The first kappa shape index (κ1) is 13.3. The number of ketones is 1. The monoisotopic (exact) mass is 261 g/mol. The zero-order valence-electron chi connectivity index (χ0n) is 11.0. The summed E-state index contributed by atoms with van der Waals surface area (Å²) in [6.07, 6.45) is 5.33. The molecule has 0 spiro atoms. The van der Waals surface area contributed by atoms with Gasteiger partial charge in [0.15, 0.2) is 5.78 Å². The lowest BCUT2D eigenvalue weighted by molar-refractivity contribution is 0.0941. The largest absolute Gasteiger partial charge is 0.292 e. The first-order valence-electron chi connectivity index (χ1n) is 6.67. The summed E-state index contributed by atoms with van der Waals surface area (Å²) in [4.78, 5) is 14.5. The summed E-state index contributed by atoms with van der Waals surface area (Å²) >= 11 is 1.61. The van der Waals surface area contributed by atoms with Crippen molar-refractivity contribution in [3.05, 3.63) is 21.4 Å². The molecule has 1 unspecified atom stereocenters. The second-order valence-corrected chi connectivity index (χ2v) is 6.58. The van der Waals surface area contributed by atoms with E-state index >= 15 is 0 Å². The van der Waals surface area contributed by atoms with Crippen LogP contribution < -0.4 is 0 Å². The molecular formula is C15H19NOS. The fourth-order valence-electron chi connectivity index (χ4n) is 2.47. The molecule has 2 rings (SSSR count). The number of Topliss-reactive ketones (excluding diaryl/α,β-unsaturated/α-hetero) is 1. The van der Waals surface area contributed by atoms with Gasteiger partial charge in [-0.05, 0) is 49.7 Å². The van der Waals surface area contributed by atoms with Gasteiger partial charge in [-0.25, -0.2) is 0 Å². The fraction of sp³-hybridized carbons (Fsp3) is 0.600. The maximum absolute atomic E-state index is 12.3. The van der Waals surface area contributed by atoms with Crippen LogP contribution in [0.2, 0.25) is 0 Å². The summed E-state index contributed by atoms with van der Waals surface area (Å²) in [6.45, 7) is 4.11. The highest BCUT2D eigenvalue weighted by atomic mass is 32.1. The lowest BCUT2D eigenvalue weighted by Crippen LogP contribution is -2.14. The number of nitrogens with zero attached hydrogens (tertiary/aromatic N) is 1. The smallest absolute Gasteiger partial charge is 0.189 e. The minimum atomic E-state index is -0.467. The van der Waals surface area contributed by atoms with E-state index in [4.69, 9.17) is 5.26 Å². The predicted octanol–water partition coefficient (Wildman–Crippen LogP) is 4.00. The Labute approximate surface area is 113 Å². The number of nitriles is 1. The number of carbonyl (C=O) groups is 1. The van der Waals surface area contributed by atoms with Crippen LogP contribution in [0.5, 0.6) is 0 Å². The molecule has 0 saturated heterocycles. The molecule has 1 aliphatic rings. The minimum Gasteiger partial charge on any atom is -0.292 e. The molecule has 1 heterocycles. The Kier molecular flexibility index (Phi) is 4.19. The molecule has 0 saturated carbocycles. The topological polar surface area (TPSA) is 40.9 Å². The number of hydrogen-bond acceptors (Lipinski definition) is 3. The Hall–Kier alpha value is -1.14. The second kappa shape index (κ2) is 5.67. The summed E-state index contributed by atoms with van der Waals surface area (Å²) in [5.41, 5.74) is 1.34. The minimum absolute atomic E-state index is 0.0330. The van der Waals surface area contributed by atoms with Gasteiger partial charge in [0.25, 0.3) is 0 Å². The average Bonchev–Trinajstić information content (AvgIpc) is 2.78. The molecule has 18 heavy (non-hydrogen) atoms. The van der Waals surface area contributed by atoms with Gasteiger partial charge in [0.2, 0.25) is 0 Å². The molecule has 3 heteroatoms. The van der Waals surface area contributed by atoms with Crippen molar-refractivity contribution in [1.29, 1.82) is 5.26 Å². The summed E-state index contributed by atoms with van der Waals surface area (Å²) < 4.78 is 0. The van der Waals surface area contributed by atoms with E-state index in [0.29, 0.717) is 12.3 Å². The first-order valence-corrected chi connectivity index (χ1v) is 7.49. The van der Waals surface area contributed by atoms with Crippen LogP contribution in [0.4, 0.5) is 0 Å². The van der Waals surface area contributed by atoms with Gasteiger partial charge in [0.05, 0.1) is 10.9 Å². The lowest BCUT2D eigenvalue weighted by Gasteiger charge is -2.08. The molecule has 1 aromatic heterocycles. The van der Waals surface area contributed by atoms with Gasteiger partial charge in [0.1, 0.15) is 5.92 Å². The summed E-state index contributed by atoms with van der Waals surface area (Å²) in [5, 5.41) is 9.14. The van der Waals surface area contributed by atoms with E-state index in [-0.39, 0.29) is 5.78 Å². The molecule has 1 aliphatic carbocycles. The van der Waals surface area contributed by atoms with Gasteiger partial charge < -0.3 is 0 Å². The van der Waals surface area contributed by atoms with Gasteiger partial charge in [-0.1, -0.05) is 13.8 Å². The maximum atomic E-state index is 12.3. The average molecular weight is 261 g/mol. The lowest BCUT2D eigenvalue weighted by atomic mass is 9.93. The molecule has 1 atom stereocenters. The molecule has 0 aliphatic heterocycles. The molecule has 0 amide bonds. The Balaban J connectivity index is 2.17. The third kappa shape index (κ3) is 2.81. The molecular weight excluding hydrogens is 242 g/mol. The van der Waals surface area contributed by atoms with Gasteiger partial charge in [-0.15, -0.1) is 11.3 Å². The van der Waals surface area contributed by atoms with Crippen LogP contribution >= 0.6 is 11.3 Å². The predicted molar refractivity (Wildman–Crippen MR) is 73.8 cm³/mol. The highest BCUT2D eigenvalue weighted by molar-refractivity contribution is 7.14. The Morgan fingerprint density at radius 1 is 1.44 bits per heavy atom. The molecule has 0 aromatic carbocycles. The van der Waals surface area contributed by atoms with Crippen molar-refractivity contribution in [3.8, 4) is 6.07 Å². The van der Waals surface area contributed by atoms with Crippen LogP contribution in [0.25, 0.3) is 0 Å². The first-order chi connectivity index (χ1) is 8.61. The normalized spacial score (nSPS) is 16.1. The van der Waals surface area contributed by atoms with E-state index in [1.165, 1.54) is 23.3 Å². The van der Waals surface area contributed by atoms with Crippen molar-refractivity contribution in [2.75, 3.05) is 0 Å². The molecule has 1 aromatic rings. The quantitative estimate of drug-likeness (QED) is 0.769. The van der Waals surface area contributed by atoms with Crippen molar-refractivity contribution in [3.63, 3.8) is 0 Å². The summed E-state index contributed by atoms with van der Waals surface area (Å²) in [7, 11) is 0. The molecule has 0 N–H and O–H groups in total. The Morgan fingerprint density at radius 3 is 2.78 bits per heavy atom. The SMILES string of the molecule is CC(C)CC(C#N)C(=O)c1cc2c(s1)CCCC2. The van der Waals surface area contributed by atoms with Gasteiger partial charge in [-0.3, -0.25) is 4.79 Å². The number of thiophene rings is 1. The fourth-order valence-corrected chi connectivity index (χ4v) is 3.72. The molecule has 0 fully saturated rings. The summed E-state index contributed by atoms with van der Waals surface area (Å²) in [5.74, 6) is -0.0520. The third-order valence-electron chi connectivity index (χ3n) is 3.42. The van der Waals surface area contributed by atoms with Gasteiger partial charge in [0, 0.05) is 4.88 Å². The van der Waals surface area contributed by atoms with Crippen LogP contribution in [-0.2, 0) is 12.8 Å². The van der Waals surface area contributed by atoms with Crippen LogP contribution in [0.1, 0.15) is 53.2 Å². The number of carbonyl (C=O) groups excluding carboxylic acids is 1. The van der Waals surface area contributed by atoms with E-state index in [1.54, 1.807) is 11.3 Å². The van der Waals surface area contributed by atoms with E-state index in [9.17, 15) is 4.79 Å². The highest BCUT2D eigenvalue weighted by Gasteiger charge is 2.24. The zero-order valence-corrected chi connectivity index (χ0v) is 11.8. The number of fused-ring (bicyclic) bond motifs is 1. The third-order valence-corrected chi connectivity index (χ3v) is 4.67. The molecule has 2 nitrogen and oxygen atoms in total. The van der Waals surface area contributed by atoms with Gasteiger partial charge >= 0.3 is 0 Å². The zero-order chi connectivity index (χ0) is 13.1. The van der Waals surface area contributed by atoms with Gasteiger partial charge in [-0.2, -0.15) is 5.26 Å². The second-order valence-electron chi connectivity index (χ2n) is 5.44. The Bertz CT molecular complexity index is 458. The maximum Gasteiger partial charge on any atom is 0.189 e. The van der Waals surface area contributed by atoms with E-state index < -0.39 is 5.92 Å². The van der Waals surface area contributed by atoms with Crippen molar-refractivity contribution in [1.82, 2.24) is 0 Å². The van der Waals surface area contributed by atoms with E-state index in [1.807, 2.05) is 6.07 Å². The number of aryl methyl sites for hydroxylation is 2. The standard InChI is InChI=1S/C15H19NOS/c1-10(2)7-12(9-16)15(17)14-8-11-5-3-4-6-13(11)18-14/h8,10,12H,3-7H2,1-2H3. The Morgan fingerprint density at radius 2 is 2.17 bits per heavy atom. The number of hydrogen-bond donors (Lipinski definition) is 0. The van der Waals surface area contributed by atoms with Crippen LogP contribution in [0.3, 0.4) is 0 Å². The van der Waals surface area contributed by atoms with E-state index in [2.05, 4.69) is 19.9 Å². The van der Waals surface area contributed by atoms with Crippen molar-refractivity contribution < 1.29 is 4.79 Å². The van der Waals surface area contributed by atoms with Crippen molar-refractivity contribution >= 4 is 17.1 Å². The van der Waals surface area contributed by atoms with Crippen molar-refractivity contribution in [2.24, 2.45) is 11.8 Å². The van der Waals surface area contributed by atoms with E-state index in [0.717, 1.165) is 17.7 Å². The van der Waals surface area contributed by atoms with Crippen LogP contribution in [-0.4, -0.2) is 5.78 Å². The van der Waals surface area contributed by atoms with Crippen molar-refractivity contribution in [2.45, 2.75) is 46.0 Å². The highest BCUT2D eigenvalue weighted by Crippen LogP contribution is 2.31. The molecule has 0 bridgehead atoms. The van der Waals surface area contributed by atoms with Crippen LogP contribution in [0.15, 0.2) is 6.07 Å². The molecule has 96 valence electrons. The van der Waals surface area contributed by atoms with Crippen LogP contribution in [0, 0.1) is 23.2 Å². The number of rotatable bonds is 4.